The van der Waals surface area contributed by atoms with Crippen molar-refractivity contribution >= 4 is 129 Å². The Balaban J connectivity index is 1.26. The number of carbonyl (C=O) groups excluding carboxylic acids is 11. The van der Waals surface area contributed by atoms with Gasteiger partial charge in [-0.3, -0.25) is 92.0 Å². The average molecular weight is 1620 g/mol. The zero-order valence-electron chi connectivity index (χ0n) is 61.7. The Labute approximate surface area is 654 Å². The first-order valence-corrected chi connectivity index (χ1v) is 37.6. The molecule has 0 bridgehead atoms. The number of rotatable bonds is 49. The molecule has 1 fully saturated rings. The number of phenols is 1. The van der Waals surface area contributed by atoms with E-state index in [0.29, 0.717) is 28.5 Å². The van der Waals surface area contributed by atoms with Gasteiger partial charge in [0.05, 0.1) is 39.2 Å². The maximum Gasteiger partial charge on any atom is 0.320 e. The smallest absolute Gasteiger partial charge is 0.320 e. The first-order valence-electron chi connectivity index (χ1n) is 35.6. The summed E-state index contributed by atoms with van der Waals surface area (Å²) in [5.41, 5.74) is 17.9. The minimum absolute atomic E-state index is 0.0180. The molecule has 11 amide bonds. The third kappa shape index (κ3) is 34.4. The average Bonchev–Trinajstić information content (AvgIpc) is 1.70. The van der Waals surface area contributed by atoms with Gasteiger partial charge in [-0.1, -0.05) is 53.9 Å². The molecule has 618 valence electrons. The van der Waals surface area contributed by atoms with Gasteiger partial charge >= 0.3 is 23.9 Å². The van der Waals surface area contributed by atoms with Crippen molar-refractivity contribution in [2.24, 2.45) is 17.2 Å². The number of guanidine groups is 1. The number of aliphatic carboxylic acids is 4. The lowest BCUT2D eigenvalue weighted by molar-refractivity contribution is -0.145. The lowest BCUT2D eigenvalue weighted by Crippen LogP contribution is -2.59. The number of fused-ring (bicyclic) bond motifs is 1. The van der Waals surface area contributed by atoms with E-state index in [0.717, 1.165) is 30.4 Å². The summed E-state index contributed by atoms with van der Waals surface area (Å²) in [6.45, 7) is -0.708. The van der Waals surface area contributed by atoms with E-state index >= 15 is 0 Å². The number of carboxylic acid groups (broad SMARTS) is 4. The van der Waals surface area contributed by atoms with Crippen molar-refractivity contribution in [1.29, 1.82) is 5.41 Å². The van der Waals surface area contributed by atoms with Gasteiger partial charge in [0.2, 0.25) is 75.3 Å². The van der Waals surface area contributed by atoms with Crippen LogP contribution >= 0.6 is 23.5 Å². The number of benzene rings is 2. The van der Waals surface area contributed by atoms with Gasteiger partial charge in [-0.25, -0.2) is 0 Å². The fourth-order valence-corrected chi connectivity index (χ4v) is 12.7. The van der Waals surface area contributed by atoms with Gasteiger partial charge in [0.1, 0.15) is 54.1 Å². The van der Waals surface area contributed by atoms with Crippen LogP contribution in [0, 0.1) is 5.41 Å². The van der Waals surface area contributed by atoms with Crippen LogP contribution in [0.1, 0.15) is 69.4 Å². The van der Waals surface area contributed by atoms with Crippen LogP contribution in [0.3, 0.4) is 0 Å². The first kappa shape index (κ1) is 92.1. The maximum absolute atomic E-state index is 14.9. The predicted molar refractivity (Wildman–Crippen MR) is 402 cm³/mol. The quantitative estimate of drug-likeness (QED) is 0.00845. The molecule has 0 radical (unpaired) electrons. The normalized spacial score (nSPS) is 14.8. The maximum atomic E-state index is 14.9. The van der Waals surface area contributed by atoms with E-state index in [-0.39, 0.29) is 151 Å². The summed E-state index contributed by atoms with van der Waals surface area (Å²) in [5, 5.41) is 110. The van der Waals surface area contributed by atoms with Crippen LogP contribution < -0.4 is 75.7 Å². The summed E-state index contributed by atoms with van der Waals surface area (Å²) in [6, 6.07) is 0.651. The van der Waals surface area contributed by atoms with Crippen LogP contribution in [0.15, 0.2) is 65.0 Å². The molecule has 113 heavy (non-hydrogen) atoms. The third-order valence-corrected chi connectivity index (χ3v) is 18.8. The lowest BCUT2D eigenvalue weighted by atomic mass is 10.0. The number of nitrogens with zero attached hydrogens (tertiary/aromatic N) is 7. The van der Waals surface area contributed by atoms with Crippen LogP contribution in [0.2, 0.25) is 0 Å². The van der Waals surface area contributed by atoms with Gasteiger partial charge in [-0.05, 0) is 74.4 Å². The molecule has 4 aromatic rings. The van der Waals surface area contributed by atoms with E-state index in [1.165, 1.54) is 24.3 Å². The number of aliphatic hydroxyl groups is 1. The highest BCUT2D eigenvalue weighted by Gasteiger charge is 2.35. The number of carbonyl (C=O) groups is 15. The molecule has 0 saturated carbocycles. The number of nitrogens with one attached hydrogen (secondary N) is 13. The zero-order chi connectivity index (χ0) is 83.1. The number of aromatic hydroxyl groups is 1. The Bertz CT molecular complexity index is 3910. The molecule has 3 heterocycles. The summed E-state index contributed by atoms with van der Waals surface area (Å²) in [6.07, 6.45) is 0.255. The van der Waals surface area contributed by atoms with E-state index in [2.05, 4.69) is 78.5 Å². The Hall–Kier alpha value is -11.5. The number of aromatic amines is 1. The van der Waals surface area contributed by atoms with Crippen LogP contribution in [0.5, 0.6) is 5.75 Å². The summed E-state index contributed by atoms with van der Waals surface area (Å²) < 4.78 is 0. The molecule has 2 aromatic carbocycles. The number of hydrogen-bond donors (Lipinski definition) is 22. The highest BCUT2D eigenvalue weighted by molar-refractivity contribution is 7.99. The van der Waals surface area contributed by atoms with Gasteiger partial charge in [-0.15, -0.1) is 20.4 Å². The number of hydrogen-bond acceptors (Lipinski definition) is 28. The van der Waals surface area contributed by atoms with E-state index in [9.17, 15) is 103 Å². The second-order valence-corrected chi connectivity index (χ2v) is 27.8. The standard InChI is InChI=1S/C67H97N23O21S2/c1-37(92)77-49(36-113-67-86-84-66(85-87-67)112-26-19-72-51(94)16-15-50(64(110)111)90-24-22-88(33-55(99)100)20-21-89(23-25-90)34-56(101)102)63(109)80-44(9-4-5-17-68)60(106)81-45(27-38-11-13-40(93)14-12-38)61(107)82-46(28-39-30-74-42-8-3-2-7-41(39)42)59(105)76-31-52(95)78-43(10-6-18-73-65(70)71)58(104)75-32-53(96)79-47(29-54(97)98)62(108)83-48(35-91)57(69)103/h2-3,7-8,11-14,30,43-50,74,91,93H,4-6,9-10,15-29,31-36,68H2,1H3,(H2,69,103)(H,72,94)(H,75,104)(H,76,105)(H,77,92)(H,78,95)(H,79,96)(H,80,109)(H,81,106)(H,82,107)(H,83,108)(H,97,98)(H,99,100)(H,101,102)(H,110,111)(H4,70,71,73)/t43-,44-,45-,46-,47-,48-,49-,50-/m0/s1. The Morgan fingerprint density at radius 2 is 1.07 bits per heavy atom. The second-order valence-electron chi connectivity index (χ2n) is 25.8. The number of aliphatic hydroxyl groups excluding tert-OH is 1. The van der Waals surface area contributed by atoms with E-state index in [1.807, 2.05) is 5.32 Å². The van der Waals surface area contributed by atoms with Crippen molar-refractivity contribution in [3.8, 4) is 5.75 Å². The summed E-state index contributed by atoms with van der Waals surface area (Å²) in [5.74, 6) is -15.8. The minimum Gasteiger partial charge on any atom is -0.508 e. The monoisotopic (exact) mass is 1620 g/mol. The molecule has 8 atom stereocenters. The lowest BCUT2D eigenvalue weighted by Gasteiger charge is -2.30. The third-order valence-electron chi connectivity index (χ3n) is 17.1. The summed E-state index contributed by atoms with van der Waals surface area (Å²) in [7, 11) is 0. The molecule has 0 unspecified atom stereocenters. The van der Waals surface area contributed by atoms with Crippen molar-refractivity contribution in [2.75, 3.05) is 103 Å². The minimum atomic E-state index is -1.83. The number of primary amides is 1. The van der Waals surface area contributed by atoms with Gasteiger partial charge < -0.3 is 111 Å². The number of aromatic nitrogens is 5. The number of H-pyrrole nitrogens is 1. The van der Waals surface area contributed by atoms with Crippen LogP contribution in [0.25, 0.3) is 10.9 Å². The van der Waals surface area contributed by atoms with Crippen LogP contribution in [0.4, 0.5) is 0 Å². The largest absolute Gasteiger partial charge is 0.508 e. The molecular formula is C67H97N23O21S2. The summed E-state index contributed by atoms with van der Waals surface area (Å²) in [4.78, 5) is 204. The second kappa shape index (κ2) is 48.3. The van der Waals surface area contributed by atoms with E-state index in [1.54, 1.807) is 45.2 Å². The van der Waals surface area contributed by atoms with Crippen molar-refractivity contribution in [3.05, 3.63) is 65.9 Å². The Morgan fingerprint density at radius 1 is 0.549 bits per heavy atom. The van der Waals surface area contributed by atoms with Gasteiger partial charge in [0, 0.05) is 107 Å². The molecule has 25 N–H and O–H groups in total. The molecule has 5 rings (SSSR count). The number of nitrogens with two attached hydrogens (primary N) is 3. The van der Waals surface area contributed by atoms with Gasteiger partial charge in [0.25, 0.3) is 0 Å². The molecule has 1 saturated heterocycles. The molecule has 44 nitrogen and oxygen atoms in total. The highest BCUT2D eigenvalue weighted by Crippen LogP contribution is 2.21. The number of unbranched alkanes of at least 4 members (excludes halogenated alkanes) is 1. The number of amides is 11. The fraction of sp³-hybridized carbons (Fsp3) is 0.522. The molecule has 1 aliphatic heterocycles. The number of carboxylic acids is 4. The molecule has 46 heteroatoms. The molecule has 2 aromatic heterocycles. The fourth-order valence-electron chi connectivity index (χ4n) is 11.4. The van der Waals surface area contributed by atoms with Crippen molar-refractivity contribution in [1.82, 2.24) is 98.6 Å². The van der Waals surface area contributed by atoms with Gasteiger partial charge in [-0.2, -0.15) is 0 Å². The van der Waals surface area contributed by atoms with E-state index < -0.39 is 169 Å². The number of thioether (sulfide) groups is 2. The zero-order valence-corrected chi connectivity index (χ0v) is 63.3. The molecule has 1 aliphatic rings. The Kier molecular flexibility index (Phi) is 39.4. The number of phenolic OH excluding ortho intramolecular Hbond substituents is 1. The van der Waals surface area contributed by atoms with Crippen molar-refractivity contribution in [3.63, 3.8) is 0 Å². The SMILES string of the molecule is CC(=O)N[C@@H](CSc1nnc(SCCNC(=O)CC[C@@H](C(=O)O)N2CCN(CC(=O)O)CCN(CC(=O)O)CC2)nn1)C(=O)N[C@@H](CCCCN)C(=O)N[C@@H](Cc1ccc(O)cc1)C(=O)N[C@@H](Cc1c[nH]c2ccccc12)C(=O)NCC(=O)N[C@@H](CCCNC(=N)N)C(=O)NCC(=O)N[C@@H](CC(=O)O)C(=O)N[C@@H](CO)C(N)=O. The summed E-state index contributed by atoms with van der Waals surface area (Å²) >= 11 is 1.93. The predicted octanol–water partition coefficient (Wildman–Crippen LogP) is -7.45. The molecule has 0 spiro atoms. The first-order chi connectivity index (χ1) is 53.8. The topological polar surface area (TPSA) is 689 Å². The molecular weight excluding hydrogens is 1530 g/mol. The van der Waals surface area contributed by atoms with Gasteiger partial charge in [0.15, 0.2) is 5.96 Å². The highest BCUT2D eigenvalue weighted by atomic mass is 32.2. The van der Waals surface area contributed by atoms with Crippen molar-refractivity contribution < 1.29 is 103 Å². The Morgan fingerprint density at radius 3 is 1.64 bits per heavy atom. The number of para-hydroxylation sites is 1. The van der Waals surface area contributed by atoms with Crippen LogP contribution in [-0.2, 0) is 84.8 Å². The van der Waals surface area contributed by atoms with E-state index in [4.69, 9.17) is 22.6 Å². The van der Waals surface area contributed by atoms with Crippen LogP contribution in [-0.4, -0.2) is 317 Å². The molecule has 0 aliphatic carbocycles. The van der Waals surface area contributed by atoms with Crippen molar-refractivity contribution in [2.45, 2.75) is 130 Å².